The average Bonchev–Trinajstić information content (AvgIpc) is 2.71. The van der Waals surface area contributed by atoms with Gasteiger partial charge in [-0.15, -0.1) is 0 Å². The molecule has 2 aromatic rings. The third kappa shape index (κ3) is 4.61. The van der Waals surface area contributed by atoms with Gasteiger partial charge in [0.05, 0.1) is 17.5 Å². The average molecular weight is 386 g/mol. The molecule has 0 saturated carbocycles. The molecule has 0 bridgehead atoms. The first-order chi connectivity index (χ1) is 13.4. The predicted octanol–water partition coefficient (Wildman–Crippen LogP) is 4.06. The SMILES string of the molecule is CCc1cc(-c2nc(CN)c(OC(CC)CC)nc2CC)c(C)nc1N(C)C. The first-order valence-corrected chi connectivity index (χ1v) is 10.3. The number of hydrogen-bond donors (Lipinski definition) is 1. The zero-order chi connectivity index (χ0) is 20.8. The summed E-state index contributed by atoms with van der Waals surface area (Å²) in [6.45, 7) is 10.8. The highest BCUT2D eigenvalue weighted by Gasteiger charge is 2.20. The zero-order valence-electron chi connectivity index (χ0n) is 18.5. The van der Waals surface area contributed by atoms with Crippen LogP contribution in [0.5, 0.6) is 5.88 Å². The van der Waals surface area contributed by atoms with Gasteiger partial charge in [0.25, 0.3) is 0 Å². The lowest BCUT2D eigenvalue weighted by Gasteiger charge is -2.21. The van der Waals surface area contributed by atoms with E-state index in [9.17, 15) is 0 Å². The van der Waals surface area contributed by atoms with Crippen molar-refractivity contribution in [3.8, 4) is 17.1 Å². The first kappa shape index (κ1) is 22.1. The fraction of sp³-hybridized carbons (Fsp3) is 0.591. The van der Waals surface area contributed by atoms with Crippen LogP contribution >= 0.6 is 0 Å². The van der Waals surface area contributed by atoms with Crippen molar-refractivity contribution in [3.05, 3.63) is 28.7 Å². The van der Waals surface area contributed by atoms with Crippen molar-refractivity contribution >= 4 is 5.82 Å². The minimum atomic E-state index is 0.129. The van der Waals surface area contributed by atoms with E-state index in [1.165, 1.54) is 5.56 Å². The molecule has 0 radical (unpaired) electrons. The van der Waals surface area contributed by atoms with E-state index in [1.54, 1.807) is 0 Å². The highest BCUT2D eigenvalue weighted by atomic mass is 16.5. The number of hydrogen-bond acceptors (Lipinski definition) is 6. The van der Waals surface area contributed by atoms with Crippen LogP contribution in [-0.4, -0.2) is 35.2 Å². The van der Waals surface area contributed by atoms with Crippen molar-refractivity contribution in [2.45, 2.75) is 73.0 Å². The number of pyridine rings is 1. The van der Waals surface area contributed by atoms with E-state index in [0.29, 0.717) is 18.1 Å². The minimum Gasteiger partial charge on any atom is -0.473 e. The van der Waals surface area contributed by atoms with Crippen molar-refractivity contribution in [3.63, 3.8) is 0 Å². The second-order valence-corrected chi connectivity index (χ2v) is 7.24. The molecule has 0 aliphatic carbocycles. The molecule has 0 aliphatic rings. The molecule has 0 fully saturated rings. The Kier molecular flexibility index (Phi) is 7.75. The van der Waals surface area contributed by atoms with Crippen molar-refractivity contribution in [1.29, 1.82) is 0 Å². The normalized spacial score (nSPS) is 11.2. The van der Waals surface area contributed by atoms with Crippen molar-refractivity contribution in [2.24, 2.45) is 5.73 Å². The van der Waals surface area contributed by atoms with Crippen LogP contribution < -0.4 is 15.4 Å². The number of nitrogens with two attached hydrogens (primary N) is 1. The van der Waals surface area contributed by atoms with Crippen molar-refractivity contribution < 1.29 is 4.74 Å². The number of rotatable bonds is 9. The molecule has 0 atom stereocenters. The molecule has 0 unspecified atom stereocenters. The topological polar surface area (TPSA) is 77.2 Å². The highest BCUT2D eigenvalue weighted by Crippen LogP contribution is 2.31. The van der Waals surface area contributed by atoms with E-state index in [4.69, 9.17) is 25.4 Å². The van der Waals surface area contributed by atoms with E-state index in [0.717, 1.165) is 54.1 Å². The molecular formula is C22H35N5O. The van der Waals surface area contributed by atoms with Gasteiger partial charge < -0.3 is 15.4 Å². The van der Waals surface area contributed by atoms with Crippen LogP contribution in [0.3, 0.4) is 0 Å². The molecule has 0 saturated heterocycles. The van der Waals surface area contributed by atoms with Gasteiger partial charge in [0.15, 0.2) is 0 Å². The van der Waals surface area contributed by atoms with Crippen LogP contribution in [0, 0.1) is 6.92 Å². The predicted molar refractivity (Wildman–Crippen MR) is 116 cm³/mol. The van der Waals surface area contributed by atoms with E-state index in [-0.39, 0.29) is 6.10 Å². The van der Waals surface area contributed by atoms with E-state index >= 15 is 0 Å². The molecule has 6 heteroatoms. The summed E-state index contributed by atoms with van der Waals surface area (Å²) in [6, 6.07) is 2.20. The van der Waals surface area contributed by atoms with Gasteiger partial charge in [0.1, 0.15) is 11.5 Å². The van der Waals surface area contributed by atoms with Crippen LogP contribution in [0.2, 0.25) is 0 Å². The summed E-state index contributed by atoms with van der Waals surface area (Å²) >= 11 is 0. The third-order valence-electron chi connectivity index (χ3n) is 5.05. The summed E-state index contributed by atoms with van der Waals surface area (Å²) in [7, 11) is 4.04. The monoisotopic (exact) mass is 385 g/mol. The number of anilines is 1. The van der Waals surface area contributed by atoms with Crippen LogP contribution in [0.1, 0.15) is 63.2 Å². The standard InChI is InChI=1S/C22H35N5O/c1-8-15-12-17(14(5)24-21(15)27(6)7)20-18(11-4)26-22(19(13-23)25-20)28-16(9-2)10-3/h12,16H,8-11,13,23H2,1-7H3. The largest absolute Gasteiger partial charge is 0.473 e. The van der Waals surface area contributed by atoms with Gasteiger partial charge in [-0.25, -0.2) is 15.0 Å². The Morgan fingerprint density at radius 1 is 1.00 bits per heavy atom. The molecule has 0 amide bonds. The Bertz CT molecular complexity index is 800. The van der Waals surface area contributed by atoms with Crippen molar-refractivity contribution in [2.75, 3.05) is 19.0 Å². The van der Waals surface area contributed by atoms with Gasteiger partial charge >= 0.3 is 0 Å². The minimum absolute atomic E-state index is 0.129. The van der Waals surface area contributed by atoms with Gasteiger partial charge in [0.2, 0.25) is 5.88 Å². The summed E-state index contributed by atoms with van der Waals surface area (Å²) in [5.41, 5.74) is 11.7. The Hall–Kier alpha value is -2.21. The third-order valence-corrected chi connectivity index (χ3v) is 5.05. The summed E-state index contributed by atoms with van der Waals surface area (Å²) in [4.78, 5) is 16.6. The Balaban J connectivity index is 2.62. The molecule has 0 aromatic carbocycles. The molecule has 0 aliphatic heterocycles. The second-order valence-electron chi connectivity index (χ2n) is 7.24. The highest BCUT2D eigenvalue weighted by molar-refractivity contribution is 5.68. The molecule has 0 spiro atoms. The Morgan fingerprint density at radius 3 is 2.18 bits per heavy atom. The second kappa shape index (κ2) is 9.82. The maximum atomic E-state index is 6.12. The lowest BCUT2D eigenvalue weighted by atomic mass is 10.0. The molecule has 2 aromatic heterocycles. The molecule has 2 heterocycles. The molecule has 6 nitrogen and oxygen atoms in total. The van der Waals surface area contributed by atoms with Gasteiger partial charge in [-0.2, -0.15) is 0 Å². The molecular weight excluding hydrogens is 350 g/mol. The zero-order valence-corrected chi connectivity index (χ0v) is 18.5. The fourth-order valence-corrected chi connectivity index (χ4v) is 3.31. The van der Waals surface area contributed by atoms with E-state index in [2.05, 4.69) is 38.7 Å². The van der Waals surface area contributed by atoms with Crippen LogP contribution in [-0.2, 0) is 19.4 Å². The summed E-state index contributed by atoms with van der Waals surface area (Å²) in [5, 5.41) is 0. The van der Waals surface area contributed by atoms with Crippen LogP contribution in [0.25, 0.3) is 11.3 Å². The quantitative estimate of drug-likeness (QED) is 0.701. The maximum absolute atomic E-state index is 6.12. The molecule has 2 N–H and O–H groups in total. The molecule has 2 rings (SSSR count). The van der Waals surface area contributed by atoms with Crippen molar-refractivity contribution in [1.82, 2.24) is 15.0 Å². The number of nitrogens with zero attached hydrogens (tertiary/aromatic N) is 4. The maximum Gasteiger partial charge on any atom is 0.237 e. The fourth-order valence-electron chi connectivity index (χ4n) is 3.31. The van der Waals surface area contributed by atoms with Gasteiger partial charge in [-0.05, 0) is 44.2 Å². The van der Waals surface area contributed by atoms with Crippen LogP contribution in [0.15, 0.2) is 6.07 Å². The van der Waals surface area contributed by atoms with E-state index in [1.807, 2.05) is 21.0 Å². The molecule has 154 valence electrons. The lowest BCUT2D eigenvalue weighted by Crippen LogP contribution is -2.19. The Labute approximate surface area is 169 Å². The summed E-state index contributed by atoms with van der Waals surface area (Å²) in [5.74, 6) is 1.57. The first-order valence-electron chi connectivity index (χ1n) is 10.3. The number of ether oxygens (including phenoxy) is 1. The van der Waals surface area contributed by atoms with Gasteiger partial charge in [0, 0.05) is 31.9 Å². The summed E-state index contributed by atoms with van der Waals surface area (Å²) < 4.78 is 6.12. The van der Waals surface area contributed by atoms with Gasteiger partial charge in [-0.1, -0.05) is 27.7 Å². The summed E-state index contributed by atoms with van der Waals surface area (Å²) in [6.07, 6.45) is 3.66. The number of aryl methyl sites for hydroxylation is 3. The Morgan fingerprint density at radius 2 is 1.68 bits per heavy atom. The van der Waals surface area contributed by atoms with Crippen LogP contribution in [0.4, 0.5) is 5.82 Å². The van der Waals surface area contributed by atoms with Gasteiger partial charge in [-0.3, -0.25) is 0 Å². The smallest absolute Gasteiger partial charge is 0.237 e. The molecule has 28 heavy (non-hydrogen) atoms. The lowest BCUT2D eigenvalue weighted by molar-refractivity contribution is 0.181. The van der Waals surface area contributed by atoms with E-state index < -0.39 is 0 Å². The number of aromatic nitrogens is 3.